The van der Waals surface area contributed by atoms with Gasteiger partial charge in [-0.2, -0.15) is 0 Å². The first kappa shape index (κ1) is 16.3. The molecule has 5 heteroatoms. The van der Waals surface area contributed by atoms with E-state index in [1.807, 2.05) is 23.1 Å². The second kappa shape index (κ2) is 7.80. The molecule has 0 unspecified atom stereocenters. The lowest BCUT2D eigenvalue weighted by atomic mass is 10.0. The third-order valence-corrected chi connectivity index (χ3v) is 4.57. The smallest absolute Gasteiger partial charge is 0.255 e. The van der Waals surface area contributed by atoms with E-state index in [0.717, 1.165) is 43.4 Å². The minimum absolute atomic E-state index is 0.0922. The summed E-state index contributed by atoms with van der Waals surface area (Å²) in [7, 11) is 1.62. The summed E-state index contributed by atoms with van der Waals surface area (Å²) < 4.78 is 6.07. The molecule has 4 nitrogen and oxygen atoms in total. The van der Waals surface area contributed by atoms with Crippen molar-refractivity contribution in [2.75, 3.05) is 26.7 Å². The fourth-order valence-corrected chi connectivity index (χ4v) is 3.18. The fourth-order valence-electron chi connectivity index (χ4n) is 2.76. The molecule has 0 bridgehead atoms. The Labute approximate surface area is 135 Å². The first-order valence-electron chi connectivity index (χ1n) is 7.52. The number of hydrogen-bond acceptors (Lipinski definition) is 3. The number of piperidine rings is 1. The van der Waals surface area contributed by atoms with Gasteiger partial charge >= 0.3 is 0 Å². The molecule has 0 aromatic heterocycles. The molecule has 0 aliphatic carbocycles. The van der Waals surface area contributed by atoms with Crippen molar-refractivity contribution in [3.05, 3.63) is 28.2 Å². The van der Waals surface area contributed by atoms with E-state index in [-0.39, 0.29) is 5.91 Å². The molecule has 0 spiro atoms. The zero-order valence-corrected chi connectivity index (χ0v) is 14.3. The Morgan fingerprint density at radius 2 is 2.14 bits per heavy atom. The highest BCUT2D eigenvalue weighted by Crippen LogP contribution is 2.25. The Morgan fingerprint density at radius 3 is 2.76 bits per heavy atom. The van der Waals surface area contributed by atoms with Crippen LogP contribution in [-0.4, -0.2) is 43.6 Å². The van der Waals surface area contributed by atoms with E-state index in [9.17, 15) is 4.79 Å². The van der Waals surface area contributed by atoms with Gasteiger partial charge in [-0.3, -0.25) is 4.79 Å². The number of hydrogen-bond donors (Lipinski definition) is 1. The SMILES string of the molecule is CCCN(C(=O)c1cc(OC)ccc1Br)C1CCNCC1. The number of nitrogens with zero attached hydrogens (tertiary/aromatic N) is 1. The average molecular weight is 355 g/mol. The van der Waals surface area contributed by atoms with Gasteiger partial charge in [0, 0.05) is 17.1 Å². The average Bonchev–Trinajstić information content (AvgIpc) is 2.53. The van der Waals surface area contributed by atoms with Gasteiger partial charge in [0.25, 0.3) is 5.91 Å². The molecule has 1 N–H and O–H groups in total. The van der Waals surface area contributed by atoms with E-state index in [4.69, 9.17) is 4.74 Å². The number of carbonyl (C=O) groups excluding carboxylic acids is 1. The van der Waals surface area contributed by atoms with Gasteiger partial charge in [-0.1, -0.05) is 6.92 Å². The lowest BCUT2D eigenvalue weighted by Gasteiger charge is -2.35. The van der Waals surface area contributed by atoms with Gasteiger partial charge in [0.1, 0.15) is 5.75 Å². The van der Waals surface area contributed by atoms with Crippen molar-refractivity contribution in [2.45, 2.75) is 32.2 Å². The summed E-state index contributed by atoms with van der Waals surface area (Å²) in [5.41, 5.74) is 0.682. The first-order chi connectivity index (χ1) is 10.2. The van der Waals surface area contributed by atoms with Gasteiger partial charge in [-0.25, -0.2) is 0 Å². The number of methoxy groups -OCH3 is 1. The van der Waals surface area contributed by atoms with Crippen LogP contribution in [0, 0.1) is 0 Å². The molecule has 1 aliphatic heterocycles. The Kier molecular flexibility index (Phi) is 6.06. The number of ether oxygens (including phenoxy) is 1. The Morgan fingerprint density at radius 1 is 1.43 bits per heavy atom. The van der Waals surface area contributed by atoms with E-state index >= 15 is 0 Å². The van der Waals surface area contributed by atoms with Crippen LogP contribution in [0.4, 0.5) is 0 Å². The standard InChI is InChI=1S/C16H23BrN2O2/c1-3-10-19(12-6-8-18-9-7-12)16(20)14-11-13(21-2)4-5-15(14)17/h4-5,11-12,18H,3,6-10H2,1-2H3. The normalized spacial score (nSPS) is 15.8. The molecule has 0 radical (unpaired) electrons. The zero-order valence-electron chi connectivity index (χ0n) is 12.7. The molecule has 2 rings (SSSR count). The molecule has 1 fully saturated rings. The summed E-state index contributed by atoms with van der Waals surface area (Å²) in [5, 5.41) is 3.35. The molecule has 1 amide bonds. The monoisotopic (exact) mass is 354 g/mol. The lowest BCUT2D eigenvalue weighted by molar-refractivity contribution is 0.0641. The predicted octanol–water partition coefficient (Wildman–Crippen LogP) is 3.06. The summed E-state index contributed by atoms with van der Waals surface area (Å²) in [5.74, 6) is 0.804. The number of carbonyl (C=O) groups is 1. The number of halogens is 1. The summed E-state index contributed by atoms with van der Waals surface area (Å²) in [6, 6.07) is 5.88. The van der Waals surface area contributed by atoms with Crippen LogP contribution < -0.4 is 10.1 Å². The fraction of sp³-hybridized carbons (Fsp3) is 0.562. The van der Waals surface area contributed by atoms with E-state index in [1.54, 1.807) is 7.11 Å². The minimum Gasteiger partial charge on any atom is -0.497 e. The highest BCUT2D eigenvalue weighted by molar-refractivity contribution is 9.10. The Hall–Kier alpha value is -1.07. The highest BCUT2D eigenvalue weighted by atomic mass is 79.9. The van der Waals surface area contributed by atoms with E-state index in [2.05, 4.69) is 28.2 Å². The van der Waals surface area contributed by atoms with Crippen LogP contribution in [-0.2, 0) is 0 Å². The third kappa shape index (κ3) is 3.98. The van der Waals surface area contributed by atoms with Crippen molar-refractivity contribution >= 4 is 21.8 Å². The molecule has 116 valence electrons. The van der Waals surface area contributed by atoms with Crippen LogP contribution >= 0.6 is 15.9 Å². The maximum absolute atomic E-state index is 12.9. The highest BCUT2D eigenvalue weighted by Gasteiger charge is 2.26. The second-order valence-corrected chi connectivity index (χ2v) is 6.18. The van der Waals surface area contributed by atoms with Crippen LogP contribution in [0.15, 0.2) is 22.7 Å². The van der Waals surface area contributed by atoms with Gasteiger partial charge in [-0.05, 0) is 66.5 Å². The summed E-state index contributed by atoms with van der Waals surface area (Å²) in [6.07, 6.45) is 3.01. The molecule has 1 aromatic carbocycles. The Bertz CT molecular complexity index is 487. The van der Waals surface area contributed by atoms with Crippen molar-refractivity contribution in [3.63, 3.8) is 0 Å². The Balaban J connectivity index is 2.24. The molecule has 21 heavy (non-hydrogen) atoms. The maximum atomic E-state index is 12.9. The van der Waals surface area contributed by atoms with Crippen molar-refractivity contribution in [2.24, 2.45) is 0 Å². The summed E-state index contributed by atoms with van der Waals surface area (Å²) in [6.45, 7) is 4.88. The predicted molar refractivity (Wildman–Crippen MR) is 87.9 cm³/mol. The molecule has 1 heterocycles. The number of benzene rings is 1. The first-order valence-corrected chi connectivity index (χ1v) is 8.32. The second-order valence-electron chi connectivity index (χ2n) is 5.33. The van der Waals surface area contributed by atoms with Crippen LogP contribution in [0.2, 0.25) is 0 Å². The van der Waals surface area contributed by atoms with E-state index < -0.39 is 0 Å². The van der Waals surface area contributed by atoms with Crippen LogP contribution in [0.5, 0.6) is 5.75 Å². The van der Waals surface area contributed by atoms with Gasteiger partial charge in [0.15, 0.2) is 0 Å². The molecule has 0 saturated carbocycles. The molecule has 1 aliphatic rings. The number of nitrogens with one attached hydrogen (secondary N) is 1. The third-order valence-electron chi connectivity index (χ3n) is 3.88. The molecular weight excluding hydrogens is 332 g/mol. The van der Waals surface area contributed by atoms with Gasteiger partial charge in [-0.15, -0.1) is 0 Å². The van der Waals surface area contributed by atoms with Crippen LogP contribution in [0.3, 0.4) is 0 Å². The zero-order chi connectivity index (χ0) is 15.2. The van der Waals surface area contributed by atoms with Crippen molar-refractivity contribution in [3.8, 4) is 5.75 Å². The van der Waals surface area contributed by atoms with Crippen molar-refractivity contribution < 1.29 is 9.53 Å². The largest absolute Gasteiger partial charge is 0.497 e. The van der Waals surface area contributed by atoms with Crippen LogP contribution in [0.1, 0.15) is 36.5 Å². The lowest BCUT2D eigenvalue weighted by Crippen LogP contribution is -2.46. The van der Waals surface area contributed by atoms with E-state index in [1.165, 1.54) is 0 Å². The van der Waals surface area contributed by atoms with Crippen molar-refractivity contribution in [1.29, 1.82) is 0 Å². The number of rotatable bonds is 5. The molecule has 1 aromatic rings. The van der Waals surface area contributed by atoms with E-state index in [0.29, 0.717) is 17.4 Å². The topological polar surface area (TPSA) is 41.6 Å². The van der Waals surface area contributed by atoms with Crippen LogP contribution in [0.25, 0.3) is 0 Å². The maximum Gasteiger partial charge on any atom is 0.255 e. The van der Waals surface area contributed by atoms with Gasteiger partial charge in [0.05, 0.1) is 12.7 Å². The summed E-state index contributed by atoms with van der Waals surface area (Å²) >= 11 is 3.49. The number of amides is 1. The van der Waals surface area contributed by atoms with Crippen molar-refractivity contribution in [1.82, 2.24) is 10.2 Å². The molecule has 0 atom stereocenters. The molecule has 1 saturated heterocycles. The minimum atomic E-state index is 0.0922. The molecular formula is C16H23BrN2O2. The van der Waals surface area contributed by atoms with Gasteiger partial charge < -0.3 is 15.0 Å². The summed E-state index contributed by atoms with van der Waals surface area (Å²) in [4.78, 5) is 15.0. The quantitative estimate of drug-likeness (QED) is 0.883. The van der Waals surface area contributed by atoms with Gasteiger partial charge in [0.2, 0.25) is 0 Å².